The Balaban J connectivity index is 3.05. The van der Waals surface area contributed by atoms with Crippen molar-refractivity contribution in [2.24, 2.45) is 10.7 Å². The second kappa shape index (κ2) is 2.84. The molecule has 2 nitrogen and oxygen atoms in total. The van der Waals surface area contributed by atoms with Crippen molar-refractivity contribution in [3.8, 4) is 0 Å². The summed E-state index contributed by atoms with van der Waals surface area (Å²) in [5.41, 5.74) is 6.80. The molecule has 0 atom stereocenters. The molecule has 0 saturated carbocycles. The Labute approximate surface area is 64.4 Å². The van der Waals surface area contributed by atoms with Gasteiger partial charge in [0.2, 0.25) is 0 Å². The lowest BCUT2D eigenvalue weighted by Gasteiger charge is -1.94. The van der Waals surface area contributed by atoms with E-state index in [0.717, 1.165) is 4.88 Å². The van der Waals surface area contributed by atoms with Gasteiger partial charge in [0.15, 0.2) is 0 Å². The number of thiophene rings is 1. The summed E-state index contributed by atoms with van der Waals surface area (Å²) in [7, 11) is 1.70. The number of aryl methyl sites for hydroxylation is 1. The summed E-state index contributed by atoms with van der Waals surface area (Å²) in [5, 5.41) is 2.02. The SMILES string of the molecule is CN=C(N)c1sccc1C. The van der Waals surface area contributed by atoms with Crippen LogP contribution in [0.1, 0.15) is 10.4 Å². The summed E-state index contributed by atoms with van der Waals surface area (Å²) in [5.74, 6) is 0.632. The maximum atomic E-state index is 5.60. The molecule has 1 rings (SSSR count). The minimum absolute atomic E-state index is 0.632. The van der Waals surface area contributed by atoms with Gasteiger partial charge in [-0.05, 0) is 23.9 Å². The molecule has 1 heterocycles. The maximum absolute atomic E-state index is 5.60. The van der Waals surface area contributed by atoms with Crippen molar-refractivity contribution in [2.45, 2.75) is 6.92 Å². The number of amidine groups is 1. The van der Waals surface area contributed by atoms with Gasteiger partial charge in [-0.3, -0.25) is 4.99 Å². The van der Waals surface area contributed by atoms with Crippen LogP contribution in [0.25, 0.3) is 0 Å². The molecule has 0 spiro atoms. The zero-order chi connectivity index (χ0) is 7.56. The second-order valence-corrected chi connectivity index (χ2v) is 2.96. The normalized spacial score (nSPS) is 12.0. The summed E-state index contributed by atoms with van der Waals surface area (Å²) in [4.78, 5) is 4.98. The molecule has 0 bridgehead atoms. The Hall–Kier alpha value is -0.830. The number of nitrogens with zero attached hydrogens (tertiary/aromatic N) is 1. The standard InChI is InChI=1S/C7H10N2S/c1-5-3-4-10-6(5)7(8)9-2/h3-4H,1-2H3,(H2,8,9). The van der Waals surface area contributed by atoms with E-state index >= 15 is 0 Å². The zero-order valence-corrected chi connectivity index (χ0v) is 6.90. The summed E-state index contributed by atoms with van der Waals surface area (Å²) in [6.45, 7) is 2.03. The van der Waals surface area contributed by atoms with E-state index in [1.165, 1.54) is 5.56 Å². The first-order chi connectivity index (χ1) is 4.75. The maximum Gasteiger partial charge on any atom is 0.135 e. The van der Waals surface area contributed by atoms with Gasteiger partial charge in [-0.25, -0.2) is 0 Å². The number of hydrogen-bond acceptors (Lipinski definition) is 2. The van der Waals surface area contributed by atoms with Crippen LogP contribution in [0.3, 0.4) is 0 Å². The third-order valence-electron chi connectivity index (χ3n) is 1.34. The first kappa shape index (κ1) is 7.28. The smallest absolute Gasteiger partial charge is 0.135 e. The average Bonchev–Trinajstić information content (AvgIpc) is 2.34. The Bertz CT molecular complexity index is 250. The van der Waals surface area contributed by atoms with Crippen LogP contribution >= 0.6 is 11.3 Å². The number of rotatable bonds is 1. The first-order valence-corrected chi connectivity index (χ1v) is 3.90. The van der Waals surface area contributed by atoms with Gasteiger partial charge in [-0.2, -0.15) is 0 Å². The van der Waals surface area contributed by atoms with Gasteiger partial charge in [0.1, 0.15) is 5.84 Å². The van der Waals surface area contributed by atoms with Crippen LogP contribution in [-0.4, -0.2) is 12.9 Å². The Morgan fingerprint density at radius 1 is 1.70 bits per heavy atom. The quantitative estimate of drug-likeness (QED) is 0.482. The highest BCUT2D eigenvalue weighted by atomic mass is 32.1. The molecule has 0 unspecified atom stereocenters. The molecule has 0 aliphatic carbocycles. The van der Waals surface area contributed by atoms with Gasteiger partial charge in [-0.15, -0.1) is 11.3 Å². The summed E-state index contributed by atoms with van der Waals surface area (Å²) in [6.07, 6.45) is 0. The predicted molar refractivity (Wildman–Crippen MR) is 45.7 cm³/mol. The molecule has 10 heavy (non-hydrogen) atoms. The van der Waals surface area contributed by atoms with E-state index in [1.807, 2.05) is 18.4 Å². The third-order valence-corrected chi connectivity index (χ3v) is 2.37. The zero-order valence-electron chi connectivity index (χ0n) is 6.09. The average molecular weight is 154 g/mol. The lowest BCUT2D eigenvalue weighted by atomic mass is 10.3. The molecular weight excluding hydrogens is 144 g/mol. The minimum atomic E-state index is 0.632. The summed E-state index contributed by atoms with van der Waals surface area (Å²) in [6, 6.07) is 2.04. The number of aliphatic imine (C=N–C) groups is 1. The molecule has 0 aromatic carbocycles. The molecule has 0 saturated heterocycles. The van der Waals surface area contributed by atoms with Gasteiger partial charge in [0, 0.05) is 7.05 Å². The highest BCUT2D eigenvalue weighted by molar-refractivity contribution is 7.12. The van der Waals surface area contributed by atoms with E-state index < -0.39 is 0 Å². The molecule has 0 aliphatic rings. The van der Waals surface area contributed by atoms with Crippen molar-refractivity contribution in [3.05, 3.63) is 21.9 Å². The van der Waals surface area contributed by atoms with Crippen LogP contribution < -0.4 is 5.73 Å². The van der Waals surface area contributed by atoms with Gasteiger partial charge >= 0.3 is 0 Å². The first-order valence-electron chi connectivity index (χ1n) is 3.02. The van der Waals surface area contributed by atoms with Crippen molar-refractivity contribution in [2.75, 3.05) is 7.05 Å². The Morgan fingerprint density at radius 2 is 2.40 bits per heavy atom. The van der Waals surface area contributed by atoms with E-state index in [0.29, 0.717) is 5.84 Å². The molecule has 0 fully saturated rings. The largest absolute Gasteiger partial charge is 0.383 e. The summed E-state index contributed by atoms with van der Waals surface area (Å²) >= 11 is 1.63. The fraction of sp³-hybridized carbons (Fsp3) is 0.286. The van der Waals surface area contributed by atoms with Crippen molar-refractivity contribution < 1.29 is 0 Å². The molecule has 0 amide bonds. The molecule has 54 valence electrons. The second-order valence-electron chi connectivity index (χ2n) is 2.04. The lowest BCUT2D eigenvalue weighted by Crippen LogP contribution is -2.11. The van der Waals surface area contributed by atoms with Crippen LogP contribution in [0.4, 0.5) is 0 Å². The highest BCUT2D eigenvalue weighted by Gasteiger charge is 2.01. The topological polar surface area (TPSA) is 38.4 Å². The minimum Gasteiger partial charge on any atom is -0.383 e. The highest BCUT2D eigenvalue weighted by Crippen LogP contribution is 2.14. The van der Waals surface area contributed by atoms with Crippen LogP contribution in [0.5, 0.6) is 0 Å². The lowest BCUT2D eigenvalue weighted by molar-refractivity contribution is 1.39. The Kier molecular flexibility index (Phi) is 2.06. The fourth-order valence-corrected chi connectivity index (χ4v) is 1.61. The van der Waals surface area contributed by atoms with E-state index in [9.17, 15) is 0 Å². The summed E-state index contributed by atoms with van der Waals surface area (Å²) < 4.78 is 0. The molecule has 1 aromatic rings. The van der Waals surface area contributed by atoms with E-state index in [2.05, 4.69) is 4.99 Å². The Morgan fingerprint density at radius 3 is 2.80 bits per heavy atom. The molecule has 1 aromatic heterocycles. The molecule has 0 aliphatic heterocycles. The molecular formula is C7H10N2S. The van der Waals surface area contributed by atoms with E-state index in [4.69, 9.17) is 5.73 Å². The van der Waals surface area contributed by atoms with Crippen molar-refractivity contribution >= 4 is 17.2 Å². The molecule has 2 N–H and O–H groups in total. The number of nitrogens with two attached hydrogens (primary N) is 1. The fourth-order valence-electron chi connectivity index (χ4n) is 0.737. The van der Waals surface area contributed by atoms with Crippen LogP contribution in [-0.2, 0) is 0 Å². The van der Waals surface area contributed by atoms with Crippen LogP contribution in [0.2, 0.25) is 0 Å². The predicted octanol–water partition coefficient (Wildman–Crippen LogP) is 1.39. The van der Waals surface area contributed by atoms with Crippen molar-refractivity contribution in [3.63, 3.8) is 0 Å². The third kappa shape index (κ3) is 1.19. The molecule has 0 radical (unpaired) electrons. The van der Waals surface area contributed by atoms with E-state index in [-0.39, 0.29) is 0 Å². The van der Waals surface area contributed by atoms with Gasteiger partial charge < -0.3 is 5.73 Å². The molecule has 3 heteroatoms. The number of hydrogen-bond donors (Lipinski definition) is 1. The van der Waals surface area contributed by atoms with Gasteiger partial charge in [0.05, 0.1) is 4.88 Å². The van der Waals surface area contributed by atoms with E-state index in [1.54, 1.807) is 18.4 Å². The van der Waals surface area contributed by atoms with Gasteiger partial charge in [0.25, 0.3) is 0 Å². The monoisotopic (exact) mass is 154 g/mol. The van der Waals surface area contributed by atoms with Gasteiger partial charge in [-0.1, -0.05) is 0 Å². The van der Waals surface area contributed by atoms with Crippen molar-refractivity contribution in [1.82, 2.24) is 0 Å². The van der Waals surface area contributed by atoms with Crippen molar-refractivity contribution in [1.29, 1.82) is 0 Å². The van der Waals surface area contributed by atoms with Crippen LogP contribution in [0.15, 0.2) is 16.4 Å². The van der Waals surface area contributed by atoms with Crippen LogP contribution in [0, 0.1) is 6.92 Å².